The van der Waals surface area contributed by atoms with Gasteiger partial charge in [0.2, 0.25) is 5.91 Å². The Morgan fingerprint density at radius 2 is 1.78 bits per heavy atom. The first-order valence-corrected chi connectivity index (χ1v) is 10.9. The standard InChI is InChI=1S/C22H26N2O7S/c1-4-31-21(26)13-20-24(14-19(25)23-5-7-30-8-6-23)22(27)18(32-20)11-15-9-16(28-2)12-17(10-15)29-3/h9-13H,4-8,14H2,1-3H3/b18-11-,20-13-. The first kappa shape index (κ1) is 23.6. The molecule has 1 fully saturated rings. The van der Waals surface area contributed by atoms with Crippen LogP contribution in [0, 0.1) is 0 Å². The van der Waals surface area contributed by atoms with Crippen LogP contribution in [0.2, 0.25) is 0 Å². The number of thiazole rings is 1. The Morgan fingerprint density at radius 3 is 2.38 bits per heavy atom. The summed E-state index contributed by atoms with van der Waals surface area (Å²) in [5.74, 6) is 0.374. The maximum atomic E-state index is 13.2. The van der Waals surface area contributed by atoms with E-state index in [2.05, 4.69) is 0 Å². The molecule has 0 saturated carbocycles. The Hall–Kier alpha value is -3.11. The van der Waals surface area contributed by atoms with Crippen molar-refractivity contribution < 1.29 is 28.5 Å². The quantitative estimate of drug-likeness (QED) is 0.533. The first-order chi connectivity index (χ1) is 15.4. The molecule has 0 N–H and O–H groups in total. The Balaban J connectivity index is 2.06. The number of morpholine rings is 1. The molecule has 1 aromatic heterocycles. The Bertz CT molecular complexity index is 1120. The molecule has 0 radical (unpaired) electrons. The maximum Gasteiger partial charge on any atom is 0.333 e. The summed E-state index contributed by atoms with van der Waals surface area (Å²) in [7, 11) is 3.08. The zero-order chi connectivity index (χ0) is 23.1. The van der Waals surface area contributed by atoms with Gasteiger partial charge >= 0.3 is 5.97 Å². The highest BCUT2D eigenvalue weighted by Crippen LogP contribution is 2.22. The van der Waals surface area contributed by atoms with Gasteiger partial charge in [0, 0.05) is 19.2 Å². The van der Waals surface area contributed by atoms with Crippen molar-refractivity contribution in [3.05, 3.63) is 43.3 Å². The van der Waals surface area contributed by atoms with Crippen LogP contribution in [0.4, 0.5) is 0 Å². The molecule has 9 nitrogen and oxygen atoms in total. The van der Waals surface area contributed by atoms with Gasteiger partial charge in [0.25, 0.3) is 5.56 Å². The van der Waals surface area contributed by atoms with E-state index in [4.69, 9.17) is 18.9 Å². The minimum atomic E-state index is -0.573. The van der Waals surface area contributed by atoms with Crippen LogP contribution in [-0.2, 0) is 25.6 Å². The van der Waals surface area contributed by atoms with Crippen LogP contribution in [0.5, 0.6) is 11.5 Å². The number of nitrogens with zero attached hydrogens (tertiary/aromatic N) is 2. The summed E-state index contributed by atoms with van der Waals surface area (Å²) < 4.78 is 22.9. The smallest absolute Gasteiger partial charge is 0.333 e. The molecule has 1 aliphatic rings. The molecule has 32 heavy (non-hydrogen) atoms. The van der Waals surface area contributed by atoms with Crippen LogP contribution < -0.4 is 24.2 Å². The Labute approximate surface area is 189 Å². The molecular weight excluding hydrogens is 436 g/mol. The van der Waals surface area contributed by atoms with Crippen LogP contribution in [0.15, 0.2) is 23.0 Å². The molecule has 0 spiro atoms. The van der Waals surface area contributed by atoms with Gasteiger partial charge in [0.05, 0.1) is 44.6 Å². The number of benzene rings is 1. The zero-order valence-corrected chi connectivity index (χ0v) is 19.1. The second-order valence-corrected chi connectivity index (χ2v) is 7.94. The minimum Gasteiger partial charge on any atom is -0.497 e. The SMILES string of the molecule is CCOC(=O)/C=c1\s/c(=C\c2cc(OC)cc(OC)c2)c(=O)n1CC(=O)N1CCOCC1. The van der Waals surface area contributed by atoms with Crippen molar-refractivity contribution in [1.82, 2.24) is 9.47 Å². The topological polar surface area (TPSA) is 96.3 Å². The van der Waals surface area contributed by atoms with Crippen molar-refractivity contribution in [3.8, 4) is 11.5 Å². The monoisotopic (exact) mass is 462 g/mol. The summed E-state index contributed by atoms with van der Waals surface area (Å²) in [5, 5.41) is 0. The summed E-state index contributed by atoms with van der Waals surface area (Å²) in [6.07, 6.45) is 2.92. The number of esters is 1. The zero-order valence-electron chi connectivity index (χ0n) is 18.3. The van der Waals surface area contributed by atoms with E-state index in [1.54, 1.807) is 50.3 Å². The molecule has 172 valence electrons. The molecule has 0 atom stereocenters. The van der Waals surface area contributed by atoms with E-state index in [0.717, 1.165) is 11.3 Å². The van der Waals surface area contributed by atoms with Crippen molar-refractivity contribution in [2.45, 2.75) is 13.5 Å². The van der Waals surface area contributed by atoms with Gasteiger partial charge in [0.15, 0.2) is 0 Å². The lowest BCUT2D eigenvalue weighted by atomic mass is 10.2. The number of hydrogen-bond donors (Lipinski definition) is 0. The summed E-state index contributed by atoms with van der Waals surface area (Å²) in [4.78, 5) is 39.6. The number of methoxy groups -OCH3 is 2. The largest absolute Gasteiger partial charge is 0.497 e. The van der Waals surface area contributed by atoms with Crippen LogP contribution in [0.3, 0.4) is 0 Å². The van der Waals surface area contributed by atoms with Gasteiger partial charge in [-0.25, -0.2) is 4.79 Å². The normalized spacial score (nSPS) is 15.0. The van der Waals surface area contributed by atoms with E-state index in [1.807, 2.05) is 0 Å². The van der Waals surface area contributed by atoms with E-state index in [1.165, 1.54) is 10.6 Å². The lowest BCUT2D eigenvalue weighted by Gasteiger charge is -2.26. The third kappa shape index (κ3) is 5.77. The van der Waals surface area contributed by atoms with Crippen molar-refractivity contribution in [1.29, 1.82) is 0 Å². The number of carbonyl (C=O) groups is 2. The fraction of sp³-hybridized carbons (Fsp3) is 0.409. The molecule has 10 heteroatoms. The third-order valence-corrected chi connectivity index (χ3v) is 5.85. The summed E-state index contributed by atoms with van der Waals surface area (Å²) >= 11 is 1.11. The average molecular weight is 463 g/mol. The number of aromatic nitrogens is 1. The molecule has 1 aliphatic heterocycles. The molecule has 1 aromatic carbocycles. The highest BCUT2D eigenvalue weighted by molar-refractivity contribution is 7.07. The lowest BCUT2D eigenvalue weighted by Crippen LogP contribution is -2.45. The van der Waals surface area contributed by atoms with Gasteiger partial charge in [-0.15, -0.1) is 11.3 Å². The molecule has 0 bridgehead atoms. The fourth-order valence-corrected chi connectivity index (χ4v) is 4.22. The predicted octanol–water partition coefficient (Wildman–Crippen LogP) is -0.0418. The van der Waals surface area contributed by atoms with Crippen molar-refractivity contribution >= 4 is 35.4 Å². The van der Waals surface area contributed by atoms with Crippen molar-refractivity contribution in [2.24, 2.45) is 0 Å². The number of rotatable bonds is 7. The van der Waals surface area contributed by atoms with E-state index >= 15 is 0 Å². The molecular formula is C22H26N2O7S. The van der Waals surface area contributed by atoms with E-state index < -0.39 is 5.97 Å². The van der Waals surface area contributed by atoms with Gasteiger partial charge in [0.1, 0.15) is 22.7 Å². The first-order valence-electron chi connectivity index (χ1n) is 10.1. The van der Waals surface area contributed by atoms with Gasteiger partial charge in [-0.1, -0.05) is 0 Å². The van der Waals surface area contributed by atoms with E-state index in [-0.39, 0.29) is 24.6 Å². The molecule has 2 aromatic rings. The summed E-state index contributed by atoms with van der Waals surface area (Å²) in [6, 6.07) is 5.25. The second kappa shape index (κ2) is 11.0. The number of hydrogen-bond acceptors (Lipinski definition) is 8. The molecule has 0 aliphatic carbocycles. The van der Waals surface area contributed by atoms with E-state index in [9.17, 15) is 14.4 Å². The highest BCUT2D eigenvalue weighted by Gasteiger charge is 2.19. The molecule has 1 saturated heterocycles. The van der Waals surface area contributed by atoms with Gasteiger partial charge < -0.3 is 23.8 Å². The fourth-order valence-electron chi connectivity index (χ4n) is 3.19. The molecule has 1 amide bonds. The Morgan fingerprint density at radius 1 is 1.12 bits per heavy atom. The number of ether oxygens (including phenoxy) is 4. The predicted molar refractivity (Wildman–Crippen MR) is 119 cm³/mol. The van der Waals surface area contributed by atoms with Crippen LogP contribution in [0.25, 0.3) is 12.2 Å². The van der Waals surface area contributed by atoms with Crippen molar-refractivity contribution in [2.75, 3.05) is 47.1 Å². The average Bonchev–Trinajstić information content (AvgIpc) is 3.08. The molecule has 0 unspecified atom stereocenters. The second-order valence-electron chi connectivity index (χ2n) is 6.88. The van der Waals surface area contributed by atoms with Gasteiger partial charge in [-0.05, 0) is 30.7 Å². The molecule has 3 rings (SSSR count). The van der Waals surface area contributed by atoms with Gasteiger partial charge in [-0.2, -0.15) is 0 Å². The minimum absolute atomic E-state index is 0.171. The summed E-state index contributed by atoms with van der Waals surface area (Å²) in [5.41, 5.74) is 0.322. The molecule has 2 heterocycles. The lowest BCUT2D eigenvalue weighted by molar-refractivity contribution is -0.136. The summed E-state index contributed by atoms with van der Waals surface area (Å²) in [6.45, 7) is 3.60. The van der Waals surface area contributed by atoms with Crippen LogP contribution in [-0.4, -0.2) is 68.5 Å². The number of carbonyl (C=O) groups excluding carboxylic acids is 2. The van der Waals surface area contributed by atoms with E-state index in [0.29, 0.717) is 52.6 Å². The number of amides is 1. The van der Waals surface area contributed by atoms with Crippen LogP contribution in [0.1, 0.15) is 12.5 Å². The maximum absolute atomic E-state index is 13.2. The highest BCUT2D eigenvalue weighted by atomic mass is 32.1. The Kier molecular flexibility index (Phi) is 8.07. The third-order valence-electron chi connectivity index (χ3n) is 4.79. The van der Waals surface area contributed by atoms with Gasteiger partial charge in [-0.3, -0.25) is 14.2 Å². The van der Waals surface area contributed by atoms with Crippen LogP contribution >= 0.6 is 11.3 Å². The van der Waals surface area contributed by atoms with Crippen molar-refractivity contribution in [3.63, 3.8) is 0 Å².